The highest BCUT2D eigenvalue weighted by Crippen LogP contribution is 2.22. The summed E-state index contributed by atoms with van der Waals surface area (Å²) in [4.78, 5) is 0. The van der Waals surface area contributed by atoms with E-state index >= 15 is 0 Å². The van der Waals surface area contributed by atoms with Crippen molar-refractivity contribution in [2.24, 2.45) is 5.73 Å². The maximum Gasteiger partial charge on any atom is 0.387 e. The van der Waals surface area contributed by atoms with Gasteiger partial charge >= 0.3 is 6.61 Å². The van der Waals surface area contributed by atoms with Crippen LogP contribution in [-0.2, 0) is 0 Å². The number of alkyl halides is 2. The first-order chi connectivity index (χ1) is 8.04. The van der Waals surface area contributed by atoms with Gasteiger partial charge in [-0.25, -0.2) is 0 Å². The first-order valence-electron chi connectivity index (χ1n) is 5.53. The molecule has 104 valence electrons. The average molecular weight is 282 g/mol. The number of ether oxygens (including phenoxy) is 1. The number of benzene rings is 1. The van der Waals surface area contributed by atoms with Crippen molar-refractivity contribution in [3.8, 4) is 5.75 Å². The predicted octanol–water partition coefficient (Wildman–Crippen LogP) is 2.87. The quantitative estimate of drug-likeness (QED) is 0.843. The van der Waals surface area contributed by atoms with E-state index < -0.39 is 18.8 Å². The lowest BCUT2D eigenvalue weighted by Crippen LogP contribution is -2.25. The average Bonchev–Trinajstić information content (AvgIpc) is 2.28. The van der Waals surface area contributed by atoms with Gasteiger partial charge in [-0.3, -0.25) is 0 Å². The van der Waals surface area contributed by atoms with Gasteiger partial charge in [0.15, 0.2) is 0 Å². The van der Waals surface area contributed by atoms with Gasteiger partial charge in [0.1, 0.15) is 5.75 Å². The summed E-state index contributed by atoms with van der Waals surface area (Å²) in [6, 6.07) is 5.52. The Bertz CT molecular complexity index is 353. The van der Waals surface area contributed by atoms with Gasteiger partial charge in [-0.05, 0) is 24.1 Å². The number of hydrogen-bond acceptors (Lipinski definition) is 3. The molecule has 0 aliphatic carbocycles. The van der Waals surface area contributed by atoms with Crippen molar-refractivity contribution in [1.82, 2.24) is 0 Å². The molecule has 0 aliphatic rings. The number of aliphatic hydroxyl groups is 1. The van der Waals surface area contributed by atoms with Crippen molar-refractivity contribution in [3.05, 3.63) is 29.8 Å². The number of halogens is 3. The van der Waals surface area contributed by atoms with E-state index in [0.29, 0.717) is 12.0 Å². The normalized spacial score (nSPS) is 13.9. The molecule has 0 amide bonds. The monoisotopic (exact) mass is 281 g/mol. The molecular weight excluding hydrogens is 264 g/mol. The molecule has 0 fully saturated rings. The molecule has 3 nitrogen and oxygen atoms in total. The Labute approximate surface area is 111 Å². The SMILES string of the molecule is CCC[C@@H](O)[C@@H](N)c1cccc(OC(F)F)c1.Cl. The van der Waals surface area contributed by atoms with Gasteiger partial charge in [0.25, 0.3) is 0 Å². The van der Waals surface area contributed by atoms with Crippen molar-refractivity contribution < 1.29 is 18.6 Å². The first-order valence-corrected chi connectivity index (χ1v) is 5.53. The zero-order valence-electron chi connectivity index (χ0n) is 10.1. The van der Waals surface area contributed by atoms with Gasteiger partial charge in [0.05, 0.1) is 12.1 Å². The Morgan fingerprint density at radius 1 is 1.39 bits per heavy atom. The van der Waals surface area contributed by atoms with Crippen LogP contribution in [0.1, 0.15) is 31.4 Å². The van der Waals surface area contributed by atoms with Crippen LogP contribution in [0.3, 0.4) is 0 Å². The lowest BCUT2D eigenvalue weighted by molar-refractivity contribution is -0.0499. The largest absolute Gasteiger partial charge is 0.435 e. The zero-order valence-corrected chi connectivity index (χ0v) is 10.9. The molecule has 0 heterocycles. The van der Waals surface area contributed by atoms with Crippen LogP contribution in [-0.4, -0.2) is 17.8 Å². The van der Waals surface area contributed by atoms with Gasteiger partial charge in [-0.2, -0.15) is 8.78 Å². The highest BCUT2D eigenvalue weighted by molar-refractivity contribution is 5.85. The second kappa shape index (κ2) is 8.24. The van der Waals surface area contributed by atoms with E-state index in [1.54, 1.807) is 12.1 Å². The fourth-order valence-electron chi connectivity index (χ4n) is 1.60. The van der Waals surface area contributed by atoms with Crippen LogP contribution in [0.5, 0.6) is 5.75 Å². The molecule has 0 aromatic heterocycles. The minimum Gasteiger partial charge on any atom is -0.435 e. The van der Waals surface area contributed by atoms with E-state index in [2.05, 4.69) is 4.74 Å². The third-order valence-corrected chi connectivity index (χ3v) is 2.47. The van der Waals surface area contributed by atoms with Gasteiger partial charge < -0.3 is 15.6 Å². The lowest BCUT2D eigenvalue weighted by atomic mass is 9.99. The van der Waals surface area contributed by atoms with Crippen LogP contribution in [0, 0.1) is 0 Å². The summed E-state index contributed by atoms with van der Waals surface area (Å²) in [7, 11) is 0. The van der Waals surface area contributed by atoms with E-state index in [1.165, 1.54) is 12.1 Å². The summed E-state index contributed by atoms with van der Waals surface area (Å²) in [6.45, 7) is -0.922. The fourth-order valence-corrected chi connectivity index (χ4v) is 1.60. The summed E-state index contributed by atoms with van der Waals surface area (Å²) in [5.41, 5.74) is 6.42. The van der Waals surface area contributed by atoms with Crippen LogP contribution in [0.15, 0.2) is 24.3 Å². The number of hydrogen-bond donors (Lipinski definition) is 2. The van der Waals surface area contributed by atoms with Crippen LogP contribution < -0.4 is 10.5 Å². The standard InChI is InChI=1S/C12H17F2NO2.ClH/c1-2-4-10(16)11(15)8-5-3-6-9(7-8)17-12(13)14;/h3,5-7,10-12,16H,2,4,15H2,1H3;1H/t10-,11+;/m1./s1. The first kappa shape index (κ1) is 17.1. The van der Waals surface area contributed by atoms with Gasteiger partial charge in [0, 0.05) is 0 Å². The summed E-state index contributed by atoms with van der Waals surface area (Å²) < 4.78 is 28.3. The smallest absolute Gasteiger partial charge is 0.387 e. The Balaban J connectivity index is 0.00000289. The molecule has 1 aromatic rings. The molecule has 3 N–H and O–H groups in total. The number of nitrogens with two attached hydrogens (primary N) is 1. The predicted molar refractivity (Wildman–Crippen MR) is 68.2 cm³/mol. The fraction of sp³-hybridized carbons (Fsp3) is 0.500. The molecule has 0 saturated heterocycles. The minimum atomic E-state index is -2.86. The van der Waals surface area contributed by atoms with Crippen LogP contribution in [0.25, 0.3) is 0 Å². The van der Waals surface area contributed by atoms with Crippen LogP contribution in [0.2, 0.25) is 0 Å². The lowest BCUT2D eigenvalue weighted by Gasteiger charge is -2.19. The van der Waals surface area contributed by atoms with E-state index in [0.717, 1.165) is 6.42 Å². The molecule has 0 saturated carbocycles. The van der Waals surface area contributed by atoms with Crippen LogP contribution >= 0.6 is 12.4 Å². The maximum absolute atomic E-state index is 12.0. The van der Waals surface area contributed by atoms with Gasteiger partial charge in [-0.15, -0.1) is 12.4 Å². The molecule has 2 atom stereocenters. The zero-order chi connectivity index (χ0) is 12.8. The minimum absolute atomic E-state index is 0. The highest BCUT2D eigenvalue weighted by Gasteiger charge is 2.16. The summed E-state index contributed by atoms with van der Waals surface area (Å²) in [5.74, 6) is 0.0525. The maximum atomic E-state index is 12.0. The third kappa shape index (κ3) is 5.16. The Morgan fingerprint density at radius 2 is 2.06 bits per heavy atom. The molecule has 0 unspecified atom stereocenters. The third-order valence-electron chi connectivity index (χ3n) is 2.47. The van der Waals surface area contributed by atoms with Gasteiger partial charge in [0.2, 0.25) is 0 Å². The van der Waals surface area contributed by atoms with E-state index in [1.807, 2.05) is 6.92 Å². The van der Waals surface area contributed by atoms with Gasteiger partial charge in [-0.1, -0.05) is 25.5 Å². The Kier molecular flexibility index (Phi) is 7.82. The molecule has 0 aliphatic heterocycles. The van der Waals surface area contributed by atoms with E-state index in [4.69, 9.17) is 5.73 Å². The molecule has 0 bridgehead atoms. The highest BCUT2D eigenvalue weighted by atomic mass is 35.5. The van der Waals surface area contributed by atoms with Crippen molar-refractivity contribution >= 4 is 12.4 Å². The number of rotatable bonds is 6. The molecule has 0 spiro atoms. The van der Waals surface area contributed by atoms with Crippen LogP contribution in [0.4, 0.5) is 8.78 Å². The molecule has 6 heteroatoms. The second-order valence-corrected chi connectivity index (χ2v) is 3.83. The number of aliphatic hydroxyl groups excluding tert-OH is 1. The summed E-state index contributed by atoms with van der Waals surface area (Å²) in [6.07, 6.45) is 0.699. The Morgan fingerprint density at radius 3 is 2.61 bits per heavy atom. The summed E-state index contributed by atoms with van der Waals surface area (Å²) in [5, 5.41) is 9.73. The Hall–Kier alpha value is -0.910. The van der Waals surface area contributed by atoms with Crippen molar-refractivity contribution in [3.63, 3.8) is 0 Å². The molecule has 0 radical (unpaired) electrons. The molecule has 1 aromatic carbocycles. The van der Waals surface area contributed by atoms with Crippen molar-refractivity contribution in [2.75, 3.05) is 0 Å². The molecule has 18 heavy (non-hydrogen) atoms. The molecule has 1 rings (SSSR count). The van der Waals surface area contributed by atoms with E-state index in [-0.39, 0.29) is 18.2 Å². The molecular formula is C12H18ClF2NO2. The van der Waals surface area contributed by atoms with Crippen molar-refractivity contribution in [2.45, 2.75) is 38.5 Å². The second-order valence-electron chi connectivity index (χ2n) is 3.83. The van der Waals surface area contributed by atoms with Crippen molar-refractivity contribution in [1.29, 1.82) is 0 Å². The van der Waals surface area contributed by atoms with E-state index in [9.17, 15) is 13.9 Å². The summed E-state index contributed by atoms with van der Waals surface area (Å²) >= 11 is 0. The topological polar surface area (TPSA) is 55.5 Å².